The van der Waals surface area contributed by atoms with Crippen LogP contribution in [0.2, 0.25) is 0 Å². The smallest absolute Gasteiger partial charge is 0.329 e. The fraction of sp³-hybridized carbons (Fsp3) is 0.625. The predicted octanol–water partition coefficient (Wildman–Crippen LogP) is 2.01. The second-order valence-electron chi connectivity index (χ2n) is 2.46. The maximum Gasteiger partial charge on any atom is 0.329 e. The monoisotopic (exact) mass is 144 g/mol. The Morgan fingerprint density at radius 2 is 1.80 bits per heavy atom. The average molecular weight is 144 g/mol. The molecule has 0 aromatic rings. The van der Waals surface area contributed by atoms with Crippen molar-refractivity contribution >= 4 is 5.97 Å². The molecule has 0 aliphatic rings. The quantitative estimate of drug-likeness (QED) is 0.415. The largest absolute Gasteiger partial charge is 0.466 e. The Labute approximate surface area is 62.9 Å². The van der Waals surface area contributed by atoms with E-state index in [4.69, 9.17) is 0 Å². The van der Waals surface area contributed by atoms with Crippen molar-refractivity contribution in [2.24, 2.45) is 5.92 Å². The van der Waals surface area contributed by atoms with Gasteiger partial charge in [-0.3, -0.25) is 0 Å². The summed E-state index contributed by atoms with van der Waals surface area (Å²) < 4.78 is 4.14. The maximum atomic E-state index is 9.84. The lowest BCUT2D eigenvalue weighted by Crippen LogP contribution is -1.91. The summed E-state index contributed by atoms with van der Waals surface area (Å²) >= 11 is 0. The van der Waals surface area contributed by atoms with Crippen LogP contribution in [-0.2, 0) is 9.53 Å². The zero-order chi connectivity index (χ0) is 8.57. The lowest BCUT2D eigenvalue weighted by atomic mass is 10.3. The van der Waals surface area contributed by atoms with Crippen LogP contribution in [0.25, 0.3) is 0 Å². The highest BCUT2D eigenvalue weighted by Gasteiger charge is 1.81. The van der Waals surface area contributed by atoms with Gasteiger partial charge in [0.25, 0.3) is 0 Å². The summed E-state index contributed by atoms with van der Waals surface area (Å²) in [6, 6.07) is 0. The van der Waals surface area contributed by atoms with Gasteiger partial charge in [-0.25, -0.2) is 4.79 Å². The van der Waals surface area contributed by atoms with Crippen molar-refractivity contribution in [3.05, 3.63) is 12.7 Å². The molecule has 2 nitrogen and oxygen atoms in total. The number of esters is 1. The highest BCUT2D eigenvalue weighted by Crippen LogP contribution is 1.81. The molecule has 0 aromatic heterocycles. The lowest BCUT2D eigenvalue weighted by molar-refractivity contribution is -0.134. The molecule has 0 aliphatic carbocycles. The molecule has 2 heteroatoms. The molecular formula is C8H16O2. The van der Waals surface area contributed by atoms with E-state index >= 15 is 0 Å². The zero-order valence-electron chi connectivity index (χ0n) is 7.18. The average Bonchev–Trinajstić information content (AvgIpc) is 1.85. The topological polar surface area (TPSA) is 26.3 Å². The fourth-order valence-electron chi connectivity index (χ4n) is 0.0833. The van der Waals surface area contributed by atoms with Crippen LogP contribution in [0.1, 0.15) is 20.8 Å². The van der Waals surface area contributed by atoms with Crippen molar-refractivity contribution in [2.75, 3.05) is 7.11 Å². The summed E-state index contributed by atoms with van der Waals surface area (Å²) in [5.41, 5.74) is 0. The normalized spacial score (nSPS) is 7.70. The van der Waals surface area contributed by atoms with E-state index in [1.165, 1.54) is 7.11 Å². The molecule has 0 saturated carbocycles. The highest BCUT2D eigenvalue weighted by atomic mass is 16.5. The lowest BCUT2D eigenvalue weighted by Gasteiger charge is -1.83. The van der Waals surface area contributed by atoms with Crippen LogP contribution in [-0.4, -0.2) is 13.1 Å². The molecule has 0 rings (SSSR count). The van der Waals surface area contributed by atoms with Crippen molar-refractivity contribution in [3.8, 4) is 0 Å². The minimum absolute atomic E-state index is 0.394. The Hall–Kier alpha value is -0.790. The molecule has 0 unspecified atom stereocenters. The molecule has 10 heavy (non-hydrogen) atoms. The first-order valence-electron chi connectivity index (χ1n) is 3.25. The van der Waals surface area contributed by atoms with Crippen molar-refractivity contribution < 1.29 is 9.53 Å². The third-order valence-corrected chi connectivity index (χ3v) is 0.368. The minimum atomic E-state index is -0.394. The van der Waals surface area contributed by atoms with Gasteiger partial charge < -0.3 is 4.74 Å². The number of ether oxygens (including phenoxy) is 1. The van der Waals surface area contributed by atoms with E-state index in [1.807, 2.05) is 0 Å². The third kappa shape index (κ3) is 27.0. The molecule has 0 saturated heterocycles. The molecule has 60 valence electrons. The van der Waals surface area contributed by atoms with Gasteiger partial charge in [-0.05, 0) is 5.92 Å². The van der Waals surface area contributed by atoms with Crippen LogP contribution in [0.4, 0.5) is 0 Å². The molecule has 0 aromatic carbocycles. The van der Waals surface area contributed by atoms with Crippen LogP contribution in [0, 0.1) is 5.92 Å². The van der Waals surface area contributed by atoms with E-state index in [-0.39, 0.29) is 0 Å². The van der Waals surface area contributed by atoms with Gasteiger partial charge in [-0.15, -0.1) is 0 Å². The van der Waals surface area contributed by atoms with Crippen LogP contribution in [0.15, 0.2) is 12.7 Å². The summed E-state index contributed by atoms with van der Waals surface area (Å²) in [6.45, 7) is 9.66. The Morgan fingerprint density at radius 1 is 1.50 bits per heavy atom. The van der Waals surface area contributed by atoms with E-state index in [0.717, 1.165) is 12.0 Å². The summed E-state index contributed by atoms with van der Waals surface area (Å²) in [6.07, 6.45) is 1.11. The maximum absolute atomic E-state index is 9.84. The van der Waals surface area contributed by atoms with E-state index in [9.17, 15) is 4.79 Å². The summed E-state index contributed by atoms with van der Waals surface area (Å²) in [7, 11) is 1.31. The van der Waals surface area contributed by atoms with Gasteiger partial charge in [0.1, 0.15) is 0 Å². The van der Waals surface area contributed by atoms with Crippen LogP contribution in [0.3, 0.4) is 0 Å². The van der Waals surface area contributed by atoms with Crippen LogP contribution >= 0.6 is 0 Å². The third-order valence-electron chi connectivity index (χ3n) is 0.368. The van der Waals surface area contributed by atoms with E-state index in [1.54, 1.807) is 0 Å². The Kier molecular flexibility index (Phi) is 9.80. The zero-order valence-corrected chi connectivity index (χ0v) is 7.18. The number of rotatable bonds is 1. The highest BCUT2D eigenvalue weighted by molar-refractivity contribution is 5.80. The van der Waals surface area contributed by atoms with Gasteiger partial charge in [0, 0.05) is 6.08 Å². The van der Waals surface area contributed by atoms with Gasteiger partial charge in [0.15, 0.2) is 0 Å². The van der Waals surface area contributed by atoms with Crippen molar-refractivity contribution in [1.82, 2.24) is 0 Å². The molecule has 0 amide bonds. The number of hydrogen-bond acceptors (Lipinski definition) is 2. The summed E-state index contributed by atoms with van der Waals surface area (Å²) in [4.78, 5) is 9.84. The second-order valence-corrected chi connectivity index (χ2v) is 2.46. The van der Waals surface area contributed by atoms with Gasteiger partial charge in [-0.1, -0.05) is 27.4 Å². The first-order chi connectivity index (χ1) is 4.54. The number of carbonyl (C=O) groups is 1. The first-order valence-corrected chi connectivity index (χ1v) is 3.25. The Bertz CT molecular complexity index is 92.7. The standard InChI is InChI=1S/C4H6O2.C4H10/c1-3-4(5)6-2;1-4(2)3/h3H,1H2,2H3;4H,1-3H3. The molecule has 0 atom stereocenters. The molecule has 0 radical (unpaired) electrons. The molecule has 0 heterocycles. The second kappa shape index (κ2) is 8.21. The number of methoxy groups -OCH3 is 1. The molecule has 0 N–H and O–H groups in total. The minimum Gasteiger partial charge on any atom is -0.466 e. The molecule has 0 fully saturated rings. The van der Waals surface area contributed by atoms with Crippen molar-refractivity contribution in [3.63, 3.8) is 0 Å². The number of carbonyl (C=O) groups excluding carboxylic acids is 1. The van der Waals surface area contributed by atoms with Gasteiger partial charge in [0.2, 0.25) is 0 Å². The van der Waals surface area contributed by atoms with Gasteiger partial charge >= 0.3 is 5.97 Å². The number of hydrogen-bond donors (Lipinski definition) is 0. The van der Waals surface area contributed by atoms with Crippen molar-refractivity contribution in [1.29, 1.82) is 0 Å². The summed E-state index contributed by atoms with van der Waals surface area (Å²) in [5, 5.41) is 0. The van der Waals surface area contributed by atoms with E-state index < -0.39 is 5.97 Å². The fourth-order valence-corrected chi connectivity index (χ4v) is 0.0833. The van der Waals surface area contributed by atoms with Crippen molar-refractivity contribution in [2.45, 2.75) is 20.8 Å². The Morgan fingerprint density at radius 3 is 1.80 bits per heavy atom. The van der Waals surface area contributed by atoms with Crippen LogP contribution < -0.4 is 0 Å². The van der Waals surface area contributed by atoms with Gasteiger partial charge in [0.05, 0.1) is 7.11 Å². The van der Waals surface area contributed by atoms with E-state index in [0.29, 0.717) is 0 Å². The van der Waals surface area contributed by atoms with E-state index in [2.05, 4.69) is 32.1 Å². The molecular weight excluding hydrogens is 128 g/mol. The molecule has 0 bridgehead atoms. The van der Waals surface area contributed by atoms with Crippen LogP contribution in [0.5, 0.6) is 0 Å². The summed E-state index contributed by atoms with van der Waals surface area (Å²) in [5.74, 6) is 0.440. The Balaban J connectivity index is 0. The molecule has 0 spiro atoms. The predicted molar refractivity (Wildman–Crippen MR) is 42.7 cm³/mol. The molecule has 0 aliphatic heterocycles. The first kappa shape index (κ1) is 11.9. The van der Waals surface area contributed by atoms with Gasteiger partial charge in [-0.2, -0.15) is 0 Å². The SMILES string of the molecule is C=CC(=O)OC.CC(C)C.